The number of carbonyl (C=O) groups excluding carboxylic acids is 1. The summed E-state index contributed by atoms with van der Waals surface area (Å²) in [6.45, 7) is 0. The highest BCUT2D eigenvalue weighted by atomic mass is 32.2. The Morgan fingerprint density at radius 3 is 3.00 bits per heavy atom. The molecular weight excluding hydrogens is 226 g/mol. The van der Waals surface area contributed by atoms with Crippen LogP contribution in [0.3, 0.4) is 0 Å². The molecule has 1 aliphatic rings. The number of hydrogen-bond donors (Lipinski definition) is 1. The molecule has 0 unspecified atom stereocenters. The molecule has 7 heteroatoms. The lowest BCUT2D eigenvalue weighted by Gasteiger charge is -2.10. The van der Waals surface area contributed by atoms with Gasteiger partial charge in [0, 0.05) is 7.05 Å². The highest BCUT2D eigenvalue weighted by Crippen LogP contribution is 2.31. The summed E-state index contributed by atoms with van der Waals surface area (Å²) in [6.07, 6.45) is 4.76. The normalized spacial score (nSPS) is 16.6. The van der Waals surface area contributed by atoms with Gasteiger partial charge in [-0.25, -0.2) is 4.68 Å². The van der Waals surface area contributed by atoms with Crippen LogP contribution in [0, 0.1) is 0 Å². The summed E-state index contributed by atoms with van der Waals surface area (Å²) in [4.78, 5) is 11.1. The fourth-order valence-corrected chi connectivity index (χ4v) is 2.68. The maximum Gasteiger partial charge on any atom is 0.230 e. The zero-order valence-corrected chi connectivity index (χ0v) is 10.0. The second-order valence-corrected chi connectivity index (χ2v) is 4.75. The van der Waals surface area contributed by atoms with Crippen molar-refractivity contribution in [3.05, 3.63) is 0 Å². The number of nitrogens with one attached hydrogen (secondary N) is 1. The molecule has 1 heterocycles. The van der Waals surface area contributed by atoms with Gasteiger partial charge < -0.3 is 5.32 Å². The van der Waals surface area contributed by atoms with E-state index >= 15 is 0 Å². The van der Waals surface area contributed by atoms with Crippen molar-refractivity contribution in [3.8, 4) is 0 Å². The number of amides is 1. The first kappa shape index (κ1) is 11.4. The largest absolute Gasteiger partial charge is 0.358 e. The average molecular weight is 241 g/mol. The first-order valence-corrected chi connectivity index (χ1v) is 6.41. The molecule has 16 heavy (non-hydrogen) atoms. The van der Waals surface area contributed by atoms with E-state index in [-0.39, 0.29) is 5.91 Å². The summed E-state index contributed by atoms with van der Waals surface area (Å²) in [5, 5.41) is 15.0. The van der Waals surface area contributed by atoms with E-state index in [1.807, 2.05) is 4.68 Å². The molecule has 0 saturated heterocycles. The van der Waals surface area contributed by atoms with Crippen molar-refractivity contribution in [1.29, 1.82) is 0 Å². The molecule has 0 bridgehead atoms. The van der Waals surface area contributed by atoms with Gasteiger partial charge in [-0.2, -0.15) is 0 Å². The molecule has 1 N–H and O–H groups in total. The molecule has 2 rings (SSSR count). The van der Waals surface area contributed by atoms with E-state index in [9.17, 15) is 4.79 Å². The van der Waals surface area contributed by atoms with Crippen LogP contribution in [0.2, 0.25) is 0 Å². The highest BCUT2D eigenvalue weighted by Gasteiger charge is 2.21. The maximum atomic E-state index is 11.1. The highest BCUT2D eigenvalue weighted by molar-refractivity contribution is 7.99. The fraction of sp³-hybridized carbons (Fsp3) is 0.778. The van der Waals surface area contributed by atoms with Gasteiger partial charge in [0.2, 0.25) is 11.1 Å². The molecule has 1 aromatic rings. The first-order valence-electron chi connectivity index (χ1n) is 5.42. The summed E-state index contributed by atoms with van der Waals surface area (Å²) in [7, 11) is 1.63. The molecule has 0 atom stereocenters. The van der Waals surface area contributed by atoms with Gasteiger partial charge in [-0.1, -0.05) is 24.6 Å². The number of nitrogens with zero attached hydrogens (tertiary/aromatic N) is 4. The average Bonchev–Trinajstić information content (AvgIpc) is 2.95. The van der Waals surface area contributed by atoms with Crippen LogP contribution in [-0.2, 0) is 4.79 Å². The molecule has 88 valence electrons. The minimum Gasteiger partial charge on any atom is -0.358 e. The summed E-state index contributed by atoms with van der Waals surface area (Å²) in [5.74, 6) is 0.356. The Morgan fingerprint density at radius 2 is 2.31 bits per heavy atom. The Hall–Kier alpha value is -1.11. The van der Waals surface area contributed by atoms with E-state index in [1.54, 1.807) is 7.05 Å². The fourth-order valence-electron chi connectivity index (χ4n) is 1.86. The van der Waals surface area contributed by atoms with E-state index in [0.29, 0.717) is 11.8 Å². The lowest BCUT2D eigenvalue weighted by Crippen LogP contribution is -2.20. The smallest absolute Gasteiger partial charge is 0.230 e. The third-order valence-corrected chi connectivity index (χ3v) is 3.68. The molecular formula is C9H15N5OS. The number of thioether (sulfide) groups is 1. The maximum absolute atomic E-state index is 11.1. The number of rotatable bonds is 4. The predicted octanol–water partition coefficient (Wildman–Crippen LogP) is 0.626. The topological polar surface area (TPSA) is 72.7 Å². The van der Waals surface area contributed by atoms with Gasteiger partial charge in [-0.15, -0.1) is 5.10 Å². The molecule has 1 aromatic heterocycles. The van der Waals surface area contributed by atoms with Crippen molar-refractivity contribution < 1.29 is 4.79 Å². The monoisotopic (exact) mass is 241 g/mol. The van der Waals surface area contributed by atoms with E-state index in [4.69, 9.17) is 0 Å². The Morgan fingerprint density at radius 1 is 1.56 bits per heavy atom. The number of aromatic nitrogens is 4. The Bertz CT molecular complexity index is 361. The second kappa shape index (κ2) is 5.29. The molecule has 0 spiro atoms. The molecule has 1 amide bonds. The SMILES string of the molecule is CNC(=O)CSc1nnnn1C1CCCC1. The van der Waals surface area contributed by atoms with Gasteiger partial charge in [0.1, 0.15) is 0 Å². The zero-order valence-electron chi connectivity index (χ0n) is 9.22. The molecule has 1 saturated carbocycles. The molecule has 1 fully saturated rings. The van der Waals surface area contributed by atoms with Crippen molar-refractivity contribution in [1.82, 2.24) is 25.5 Å². The third kappa shape index (κ3) is 2.52. The minimum atomic E-state index is -0.00836. The molecule has 0 aliphatic heterocycles. The van der Waals surface area contributed by atoms with E-state index < -0.39 is 0 Å². The first-order chi connectivity index (χ1) is 7.81. The second-order valence-electron chi connectivity index (χ2n) is 3.81. The van der Waals surface area contributed by atoms with Gasteiger partial charge in [0.15, 0.2) is 0 Å². The van der Waals surface area contributed by atoms with Crippen molar-refractivity contribution in [2.75, 3.05) is 12.8 Å². The quantitative estimate of drug-likeness (QED) is 0.783. The number of hydrogen-bond acceptors (Lipinski definition) is 5. The van der Waals surface area contributed by atoms with Crippen molar-refractivity contribution >= 4 is 17.7 Å². The lowest BCUT2D eigenvalue weighted by atomic mass is 10.3. The van der Waals surface area contributed by atoms with Crippen molar-refractivity contribution in [3.63, 3.8) is 0 Å². The van der Waals surface area contributed by atoms with Crippen LogP contribution >= 0.6 is 11.8 Å². The Balaban J connectivity index is 1.98. The minimum absolute atomic E-state index is 0.00836. The van der Waals surface area contributed by atoms with Gasteiger partial charge in [0.05, 0.1) is 11.8 Å². The van der Waals surface area contributed by atoms with Crippen LogP contribution in [0.4, 0.5) is 0 Å². The Labute approximate surface area is 98.2 Å². The van der Waals surface area contributed by atoms with Crippen LogP contribution in [0.5, 0.6) is 0 Å². The summed E-state index contributed by atoms with van der Waals surface area (Å²) in [5.41, 5.74) is 0. The van der Waals surface area contributed by atoms with E-state index in [0.717, 1.165) is 18.0 Å². The third-order valence-electron chi connectivity index (χ3n) is 2.74. The molecule has 1 aliphatic carbocycles. The van der Waals surface area contributed by atoms with Crippen LogP contribution in [-0.4, -0.2) is 38.9 Å². The van der Waals surface area contributed by atoms with Crippen LogP contribution in [0.1, 0.15) is 31.7 Å². The van der Waals surface area contributed by atoms with Crippen LogP contribution in [0.15, 0.2) is 5.16 Å². The Kier molecular flexibility index (Phi) is 3.76. The number of tetrazole rings is 1. The number of carbonyl (C=O) groups is 1. The van der Waals surface area contributed by atoms with E-state index in [1.165, 1.54) is 24.6 Å². The van der Waals surface area contributed by atoms with Crippen molar-refractivity contribution in [2.24, 2.45) is 0 Å². The summed E-state index contributed by atoms with van der Waals surface area (Å²) in [6, 6.07) is 0.419. The molecule has 6 nitrogen and oxygen atoms in total. The zero-order chi connectivity index (χ0) is 11.4. The van der Waals surface area contributed by atoms with Gasteiger partial charge in [-0.05, 0) is 23.3 Å². The van der Waals surface area contributed by atoms with Crippen molar-refractivity contribution in [2.45, 2.75) is 36.9 Å². The predicted molar refractivity (Wildman–Crippen MR) is 60.1 cm³/mol. The lowest BCUT2D eigenvalue weighted by molar-refractivity contribution is -0.118. The van der Waals surface area contributed by atoms with Gasteiger partial charge in [0.25, 0.3) is 0 Å². The van der Waals surface area contributed by atoms with Crippen LogP contribution < -0.4 is 5.32 Å². The van der Waals surface area contributed by atoms with E-state index in [2.05, 4.69) is 20.8 Å². The summed E-state index contributed by atoms with van der Waals surface area (Å²) < 4.78 is 1.86. The van der Waals surface area contributed by atoms with Gasteiger partial charge >= 0.3 is 0 Å². The standard InChI is InChI=1S/C9H15N5OS/c1-10-8(15)6-16-9-11-12-13-14(9)7-4-2-3-5-7/h7H,2-6H2,1H3,(H,10,15). The van der Waals surface area contributed by atoms with Gasteiger partial charge in [-0.3, -0.25) is 4.79 Å². The molecule has 0 aromatic carbocycles. The van der Waals surface area contributed by atoms with Crippen LogP contribution in [0.25, 0.3) is 0 Å². The molecule has 0 radical (unpaired) electrons. The summed E-state index contributed by atoms with van der Waals surface area (Å²) >= 11 is 1.39.